The van der Waals surface area contributed by atoms with Gasteiger partial charge in [0, 0.05) is 18.4 Å². The van der Waals surface area contributed by atoms with Crippen molar-refractivity contribution in [3.8, 4) is 0 Å². The highest BCUT2D eigenvalue weighted by Crippen LogP contribution is 2.08. The van der Waals surface area contributed by atoms with Crippen LogP contribution in [0.15, 0.2) is 24.4 Å². The van der Waals surface area contributed by atoms with Crippen molar-refractivity contribution in [2.75, 3.05) is 6.54 Å². The van der Waals surface area contributed by atoms with Gasteiger partial charge in [0.25, 0.3) is 5.91 Å². The van der Waals surface area contributed by atoms with Crippen LogP contribution in [0.5, 0.6) is 0 Å². The van der Waals surface area contributed by atoms with Crippen LogP contribution in [-0.4, -0.2) is 32.5 Å². The molecule has 0 saturated heterocycles. The number of aryl methyl sites for hydroxylation is 1. The Morgan fingerprint density at radius 2 is 2.22 bits per heavy atom. The summed E-state index contributed by atoms with van der Waals surface area (Å²) in [6.45, 7) is 5.42. The SMILES string of the molecule is Cc1cccc2nc(C(=O)NCC(C)(C)O)cn12. The van der Waals surface area contributed by atoms with Gasteiger partial charge in [-0.05, 0) is 32.9 Å². The molecule has 5 nitrogen and oxygen atoms in total. The number of pyridine rings is 1. The van der Waals surface area contributed by atoms with Crippen LogP contribution in [0.2, 0.25) is 0 Å². The molecule has 0 aliphatic carbocycles. The first kappa shape index (κ1) is 12.6. The van der Waals surface area contributed by atoms with Crippen LogP contribution in [0.25, 0.3) is 5.65 Å². The molecular weight excluding hydrogens is 230 g/mol. The first-order chi connectivity index (χ1) is 8.37. The van der Waals surface area contributed by atoms with Gasteiger partial charge in [0.05, 0.1) is 5.60 Å². The Morgan fingerprint density at radius 3 is 2.83 bits per heavy atom. The Hall–Kier alpha value is -1.88. The summed E-state index contributed by atoms with van der Waals surface area (Å²) < 4.78 is 1.86. The second-order valence-electron chi connectivity index (χ2n) is 5.02. The average Bonchev–Trinajstić information content (AvgIpc) is 2.70. The second-order valence-corrected chi connectivity index (χ2v) is 5.02. The lowest BCUT2D eigenvalue weighted by molar-refractivity contribution is 0.0692. The zero-order chi connectivity index (χ0) is 13.3. The number of carbonyl (C=O) groups excluding carboxylic acids is 1. The molecule has 1 amide bonds. The number of hydrogen-bond donors (Lipinski definition) is 2. The largest absolute Gasteiger partial charge is 0.389 e. The highest BCUT2D eigenvalue weighted by Gasteiger charge is 2.16. The monoisotopic (exact) mass is 247 g/mol. The summed E-state index contributed by atoms with van der Waals surface area (Å²) in [6.07, 6.45) is 1.70. The number of nitrogens with zero attached hydrogens (tertiary/aromatic N) is 2. The van der Waals surface area contributed by atoms with E-state index in [0.29, 0.717) is 5.69 Å². The van der Waals surface area contributed by atoms with Gasteiger partial charge in [-0.25, -0.2) is 4.98 Å². The standard InChI is InChI=1S/C13H17N3O2/c1-9-5-4-6-11-15-10(7-16(9)11)12(17)14-8-13(2,3)18/h4-7,18H,8H2,1-3H3,(H,14,17). The molecule has 96 valence electrons. The minimum Gasteiger partial charge on any atom is -0.389 e. The van der Waals surface area contributed by atoms with Crippen LogP contribution in [0, 0.1) is 6.92 Å². The molecule has 2 aromatic heterocycles. The molecule has 0 spiro atoms. The molecule has 0 aliphatic rings. The predicted molar refractivity (Wildman–Crippen MR) is 68.6 cm³/mol. The zero-order valence-electron chi connectivity index (χ0n) is 10.8. The number of rotatable bonds is 3. The van der Waals surface area contributed by atoms with Crippen molar-refractivity contribution in [1.29, 1.82) is 0 Å². The van der Waals surface area contributed by atoms with Crippen molar-refractivity contribution >= 4 is 11.6 Å². The highest BCUT2D eigenvalue weighted by atomic mass is 16.3. The van der Waals surface area contributed by atoms with Crippen LogP contribution >= 0.6 is 0 Å². The van der Waals surface area contributed by atoms with Crippen LogP contribution in [-0.2, 0) is 0 Å². The first-order valence-corrected chi connectivity index (χ1v) is 5.82. The lowest BCUT2D eigenvalue weighted by Crippen LogP contribution is -2.38. The lowest BCUT2D eigenvalue weighted by Gasteiger charge is -2.16. The third-order valence-electron chi connectivity index (χ3n) is 2.61. The van der Waals surface area contributed by atoms with Gasteiger partial charge in [0.2, 0.25) is 0 Å². The van der Waals surface area contributed by atoms with Gasteiger partial charge >= 0.3 is 0 Å². The van der Waals surface area contributed by atoms with E-state index in [2.05, 4.69) is 10.3 Å². The van der Waals surface area contributed by atoms with Crippen molar-refractivity contribution in [2.24, 2.45) is 0 Å². The molecule has 0 aromatic carbocycles. The van der Waals surface area contributed by atoms with E-state index in [1.807, 2.05) is 29.5 Å². The van der Waals surface area contributed by atoms with Crippen molar-refractivity contribution in [3.63, 3.8) is 0 Å². The first-order valence-electron chi connectivity index (χ1n) is 5.82. The van der Waals surface area contributed by atoms with Crippen molar-refractivity contribution < 1.29 is 9.90 Å². The number of imidazole rings is 1. The molecule has 0 bridgehead atoms. The van der Waals surface area contributed by atoms with E-state index in [-0.39, 0.29) is 12.5 Å². The molecule has 18 heavy (non-hydrogen) atoms. The van der Waals surface area contributed by atoms with E-state index >= 15 is 0 Å². The van der Waals surface area contributed by atoms with E-state index in [9.17, 15) is 9.90 Å². The fourth-order valence-electron chi connectivity index (χ4n) is 1.64. The van der Waals surface area contributed by atoms with E-state index in [1.54, 1.807) is 20.0 Å². The summed E-state index contributed by atoms with van der Waals surface area (Å²) in [4.78, 5) is 16.1. The number of aliphatic hydroxyl groups is 1. The minimum absolute atomic E-state index is 0.193. The normalized spacial score (nSPS) is 11.8. The highest BCUT2D eigenvalue weighted by molar-refractivity contribution is 5.92. The number of carbonyl (C=O) groups is 1. The molecule has 2 N–H and O–H groups in total. The lowest BCUT2D eigenvalue weighted by atomic mass is 10.1. The molecule has 5 heteroatoms. The van der Waals surface area contributed by atoms with Gasteiger partial charge in [-0.3, -0.25) is 4.79 Å². The minimum atomic E-state index is -0.926. The topological polar surface area (TPSA) is 66.6 Å². The van der Waals surface area contributed by atoms with Crippen LogP contribution < -0.4 is 5.32 Å². The van der Waals surface area contributed by atoms with Crippen LogP contribution in [0.3, 0.4) is 0 Å². The van der Waals surface area contributed by atoms with Gasteiger partial charge in [0.15, 0.2) is 0 Å². The maximum Gasteiger partial charge on any atom is 0.271 e. The van der Waals surface area contributed by atoms with Crippen molar-refractivity contribution in [1.82, 2.24) is 14.7 Å². The number of nitrogens with one attached hydrogen (secondary N) is 1. The Balaban J connectivity index is 2.21. The molecule has 2 rings (SSSR count). The van der Waals surface area contributed by atoms with Gasteiger partial charge < -0.3 is 14.8 Å². The van der Waals surface area contributed by atoms with E-state index in [4.69, 9.17) is 0 Å². The summed E-state index contributed by atoms with van der Waals surface area (Å²) in [5.41, 5.74) is 1.18. The van der Waals surface area contributed by atoms with Crippen molar-refractivity contribution in [3.05, 3.63) is 35.8 Å². The van der Waals surface area contributed by atoms with Gasteiger partial charge in [-0.15, -0.1) is 0 Å². The summed E-state index contributed by atoms with van der Waals surface area (Å²) in [5.74, 6) is -0.278. The van der Waals surface area contributed by atoms with Crippen LogP contribution in [0.4, 0.5) is 0 Å². The smallest absolute Gasteiger partial charge is 0.271 e. The Bertz CT molecular complexity index is 581. The van der Waals surface area contributed by atoms with Crippen molar-refractivity contribution in [2.45, 2.75) is 26.4 Å². The molecular formula is C13H17N3O2. The second kappa shape index (κ2) is 4.42. The summed E-state index contributed by atoms with van der Waals surface area (Å²) in [7, 11) is 0. The molecule has 0 atom stereocenters. The van der Waals surface area contributed by atoms with E-state index in [1.165, 1.54) is 0 Å². The fourth-order valence-corrected chi connectivity index (χ4v) is 1.64. The molecule has 0 saturated carbocycles. The maximum absolute atomic E-state index is 11.9. The summed E-state index contributed by atoms with van der Waals surface area (Å²) >= 11 is 0. The molecule has 0 radical (unpaired) electrons. The molecule has 0 aliphatic heterocycles. The van der Waals surface area contributed by atoms with Gasteiger partial charge in [-0.2, -0.15) is 0 Å². The quantitative estimate of drug-likeness (QED) is 0.854. The number of amides is 1. The van der Waals surface area contributed by atoms with E-state index < -0.39 is 5.60 Å². The zero-order valence-corrected chi connectivity index (χ0v) is 10.8. The van der Waals surface area contributed by atoms with E-state index in [0.717, 1.165) is 11.3 Å². The Labute approximate surface area is 105 Å². The summed E-state index contributed by atoms with van der Waals surface area (Å²) in [5, 5.41) is 12.2. The third-order valence-corrected chi connectivity index (χ3v) is 2.61. The third kappa shape index (κ3) is 2.68. The Kier molecular flexibility index (Phi) is 3.09. The molecule has 2 heterocycles. The number of aromatic nitrogens is 2. The fraction of sp³-hybridized carbons (Fsp3) is 0.385. The molecule has 2 aromatic rings. The predicted octanol–water partition coefficient (Wildman–Crippen LogP) is 1.14. The van der Waals surface area contributed by atoms with Gasteiger partial charge in [0.1, 0.15) is 11.3 Å². The van der Waals surface area contributed by atoms with Crippen LogP contribution in [0.1, 0.15) is 30.0 Å². The van der Waals surface area contributed by atoms with Gasteiger partial charge in [-0.1, -0.05) is 6.07 Å². The summed E-state index contributed by atoms with van der Waals surface area (Å²) in [6, 6.07) is 5.70. The average molecular weight is 247 g/mol. The maximum atomic E-state index is 11.9. The molecule has 0 fully saturated rings. The number of fused-ring (bicyclic) bond motifs is 1. The molecule has 0 unspecified atom stereocenters. The Morgan fingerprint density at radius 1 is 1.50 bits per heavy atom. The number of hydrogen-bond acceptors (Lipinski definition) is 3.